The van der Waals surface area contributed by atoms with Crippen LogP contribution in [0.2, 0.25) is 0 Å². The van der Waals surface area contributed by atoms with E-state index in [1.165, 1.54) is 17.5 Å². The largest absolute Gasteiger partial charge is 0.462 e. The van der Waals surface area contributed by atoms with Crippen molar-refractivity contribution in [3.05, 3.63) is 22.8 Å². The van der Waals surface area contributed by atoms with Gasteiger partial charge in [-0.2, -0.15) is 0 Å². The molecule has 0 aliphatic rings. The summed E-state index contributed by atoms with van der Waals surface area (Å²) in [4.78, 5) is 28.0. The van der Waals surface area contributed by atoms with Crippen LogP contribution < -0.4 is 5.32 Å². The van der Waals surface area contributed by atoms with E-state index in [0.717, 1.165) is 12.1 Å². The molecule has 0 saturated carbocycles. The summed E-state index contributed by atoms with van der Waals surface area (Å²) in [6.07, 6.45) is 2.28. The molecular weight excluding hydrogens is 304 g/mol. The lowest BCUT2D eigenvalue weighted by molar-refractivity contribution is -0.146. The Morgan fingerprint density at radius 3 is 2.36 bits per heavy atom. The summed E-state index contributed by atoms with van der Waals surface area (Å²) in [7, 11) is 0. The highest BCUT2D eigenvalue weighted by Crippen LogP contribution is 2.24. The van der Waals surface area contributed by atoms with Gasteiger partial charge < -0.3 is 14.8 Å². The number of nitrogens with zero attached hydrogens (tertiary/aromatic N) is 1. The van der Waals surface area contributed by atoms with E-state index in [1.807, 2.05) is 5.38 Å². The third-order valence-corrected chi connectivity index (χ3v) is 3.76. The summed E-state index contributed by atoms with van der Waals surface area (Å²) in [6.45, 7) is 7.91. The average molecular weight is 326 g/mol. The summed E-state index contributed by atoms with van der Waals surface area (Å²) in [5.41, 5.74) is 0.807. The van der Waals surface area contributed by atoms with Gasteiger partial charge in [0.25, 0.3) is 0 Å². The van der Waals surface area contributed by atoms with Crippen LogP contribution in [0.15, 0.2) is 17.2 Å². The number of thiazole rings is 1. The van der Waals surface area contributed by atoms with E-state index in [-0.39, 0.29) is 18.8 Å². The van der Waals surface area contributed by atoms with Crippen molar-refractivity contribution in [3.63, 3.8) is 0 Å². The number of hydrogen-bond acceptors (Lipinski definition) is 7. The van der Waals surface area contributed by atoms with E-state index in [0.29, 0.717) is 11.0 Å². The van der Waals surface area contributed by atoms with Gasteiger partial charge in [0.15, 0.2) is 10.7 Å². The fraction of sp³-hybridized carbons (Fsp3) is 0.533. The number of carbonyl (C=O) groups is 2. The zero-order valence-corrected chi connectivity index (χ0v) is 14.2. The SMILES string of the molecule is CCOC(=O)C(=CNc1nc(C(C)CC)cs1)C(=O)OCC. The first-order valence-electron chi connectivity index (χ1n) is 7.29. The van der Waals surface area contributed by atoms with Gasteiger partial charge in [-0.05, 0) is 26.2 Å². The molecule has 0 aliphatic heterocycles. The van der Waals surface area contributed by atoms with E-state index < -0.39 is 11.9 Å². The number of rotatable bonds is 8. The van der Waals surface area contributed by atoms with Crippen molar-refractivity contribution in [3.8, 4) is 0 Å². The van der Waals surface area contributed by atoms with Crippen LogP contribution in [0.1, 0.15) is 45.7 Å². The second kappa shape index (κ2) is 9.19. The highest BCUT2D eigenvalue weighted by molar-refractivity contribution is 7.13. The van der Waals surface area contributed by atoms with E-state index >= 15 is 0 Å². The molecule has 1 unspecified atom stereocenters. The summed E-state index contributed by atoms with van der Waals surface area (Å²) < 4.78 is 9.71. The number of aromatic nitrogens is 1. The molecule has 22 heavy (non-hydrogen) atoms. The van der Waals surface area contributed by atoms with Crippen molar-refractivity contribution in [1.29, 1.82) is 0 Å². The van der Waals surface area contributed by atoms with E-state index in [1.54, 1.807) is 13.8 Å². The van der Waals surface area contributed by atoms with E-state index in [2.05, 4.69) is 24.1 Å². The van der Waals surface area contributed by atoms with Crippen LogP contribution in [0.25, 0.3) is 0 Å². The van der Waals surface area contributed by atoms with Crippen molar-refractivity contribution < 1.29 is 19.1 Å². The molecular formula is C15H22N2O4S. The third-order valence-electron chi connectivity index (χ3n) is 2.97. The van der Waals surface area contributed by atoms with Gasteiger partial charge in [0.05, 0.1) is 18.9 Å². The number of esters is 2. The Balaban J connectivity index is 2.85. The third kappa shape index (κ3) is 5.14. The van der Waals surface area contributed by atoms with Crippen LogP contribution in [0.3, 0.4) is 0 Å². The lowest BCUT2D eigenvalue weighted by atomic mass is 10.1. The van der Waals surface area contributed by atoms with Gasteiger partial charge >= 0.3 is 11.9 Å². The minimum absolute atomic E-state index is 0.177. The molecule has 1 aromatic heterocycles. The number of nitrogens with one attached hydrogen (secondary N) is 1. The Morgan fingerprint density at radius 2 is 1.86 bits per heavy atom. The van der Waals surface area contributed by atoms with Gasteiger partial charge in [0.1, 0.15) is 0 Å². The molecule has 1 atom stereocenters. The molecule has 1 rings (SSSR count). The lowest BCUT2D eigenvalue weighted by Crippen LogP contribution is -2.19. The Kier molecular flexibility index (Phi) is 7.59. The lowest BCUT2D eigenvalue weighted by Gasteiger charge is -2.06. The molecule has 0 bridgehead atoms. The van der Waals surface area contributed by atoms with E-state index in [9.17, 15) is 9.59 Å². The topological polar surface area (TPSA) is 77.5 Å². The van der Waals surface area contributed by atoms with Gasteiger partial charge in [-0.1, -0.05) is 13.8 Å². The minimum Gasteiger partial charge on any atom is -0.462 e. The Morgan fingerprint density at radius 1 is 1.27 bits per heavy atom. The monoisotopic (exact) mass is 326 g/mol. The minimum atomic E-state index is -0.716. The Bertz CT molecular complexity index is 519. The zero-order valence-electron chi connectivity index (χ0n) is 13.3. The molecule has 7 heteroatoms. The maximum Gasteiger partial charge on any atom is 0.347 e. The normalized spacial score (nSPS) is 11.5. The molecule has 0 saturated heterocycles. The summed E-state index contributed by atoms with van der Waals surface area (Å²) in [5, 5.41) is 5.44. The molecule has 0 amide bonds. The predicted molar refractivity (Wildman–Crippen MR) is 85.8 cm³/mol. The van der Waals surface area contributed by atoms with Crippen LogP contribution >= 0.6 is 11.3 Å². The first-order valence-corrected chi connectivity index (χ1v) is 8.17. The summed E-state index contributed by atoms with van der Waals surface area (Å²) in [5.74, 6) is -1.07. The number of hydrogen-bond donors (Lipinski definition) is 1. The second-order valence-electron chi connectivity index (χ2n) is 4.53. The van der Waals surface area contributed by atoms with Crippen molar-refractivity contribution in [2.45, 2.75) is 40.0 Å². The average Bonchev–Trinajstić information content (AvgIpc) is 2.96. The fourth-order valence-corrected chi connectivity index (χ4v) is 2.34. The summed E-state index contributed by atoms with van der Waals surface area (Å²) >= 11 is 1.41. The van der Waals surface area contributed by atoms with Crippen molar-refractivity contribution in [1.82, 2.24) is 4.98 Å². The molecule has 0 aromatic carbocycles. The van der Waals surface area contributed by atoms with Gasteiger partial charge in [-0.15, -0.1) is 11.3 Å². The van der Waals surface area contributed by atoms with Gasteiger partial charge in [-0.25, -0.2) is 14.6 Å². The maximum atomic E-state index is 11.8. The first-order chi connectivity index (χ1) is 10.5. The Hall–Kier alpha value is -1.89. The molecule has 0 radical (unpaired) electrons. The van der Waals surface area contributed by atoms with Crippen LogP contribution in [-0.4, -0.2) is 30.1 Å². The van der Waals surface area contributed by atoms with Gasteiger partial charge in [0.2, 0.25) is 0 Å². The molecule has 0 aliphatic carbocycles. The van der Waals surface area contributed by atoms with Crippen LogP contribution in [-0.2, 0) is 19.1 Å². The fourth-order valence-electron chi connectivity index (χ4n) is 1.54. The Labute approximate surface area is 134 Å². The molecule has 1 aromatic rings. The van der Waals surface area contributed by atoms with E-state index in [4.69, 9.17) is 9.47 Å². The van der Waals surface area contributed by atoms with Gasteiger partial charge in [0, 0.05) is 11.6 Å². The molecule has 1 heterocycles. The first kappa shape index (κ1) is 18.2. The van der Waals surface area contributed by atoms with Crippen molar-refractivity contribution in [2.24, 2.45) is 0 Å². The molecule has 0 spiro atoms. The maximum absolute atomic E-state index is 11.8. The number of carbonyl (C=O) groups excluding carboxylic acids is 2. The summed E-state index contributed by atoms with van der Waals surface area (Å²) in [6, 6.07) is 0. The smallest absolute Gasteiger partial charge is 0.347 e. The van der Waals surface area contributed by atoms with Gasteiger partial charge in [-0.3, -0.25) is 0 Å². The predicted octanol–water partition coefficient (Wildman–Crippen LogP) is 3.08. The van der Waals surface area contributed by atoms with Crippen molar-refractivity contribution >= 4 is 28.4 Å². The van der Waals surface area contributed by atoms with Crippen LogP contribution in [0, 0.1) is 0 Å². The number of ether oxygens (including phenoxy) is 2. The second-order valence-corrected chi connectivity index (χ2v) is 5.39. The molecule has 1 N–H and O–H groups in total. The quantitative estimate of drug-likeness (QED) is 0.342. The highest BCUT2D eigenvalue weighted by Gasteiger charge is 2.21. The number of anilines is 1. The zero-order chi connectivity index (χ0) is 16.5. The molecule has 0 fully saturated rings. The highest BCUT2D eigenvalue weighted by atomic mass is 32.1. The van der Waals surface area contributed by atoms with Crippen molar-refractivity contribution in [2.75, 3.05) is 18.5 Å². The molecule has 122 valence electrons. The van der Waals surface area contributed by atoms with Crippen LogP contribution in [0.4, 0.5) is 5.13 Å². The van der Waals surface area contributed by atoms with Crippen LogP contribution in [0.5, 0.6) is 0 Å². The molecule has 6 nitrogen and oxygen atoms in total. The standard InChI is InChI=1S/C15H22N2O4S/c1-5-10(4)12-9-22-15(17-12)16-8-11(13(18)20-6-2)14(19)21-7-3/h8-10H,5-7H2,1-4H3,(H,16,17).